The zero-order chi connectivity index (χ0) is 15.2. The monoisotopic (exact) mass is 296 g/mol. The molecule has 0 aromatic heterocycles. The molecule has 2 saturated carbocycles. The molecule has 0 amide bonds. The Hall–Kier alpha value is -0.120. The van der Waals surface area contributed by atoms with E-state index in [1.165, 1.54) is 45.2 Å². The fourth-order valence-electron chi connectivity index (χ4n) is 4.30. The van der Waals surface area contributed by atoms with Crippen LogP contribution in [0.15, 0.2) is 0 Å². The van der Waals surface area contributed by atoms with Gasteiger partial charge >= 0.3 is 0 Å². The number of nitrogens with zero attached hydrogens (tertiary/aromatic N) is 1. The SMILES string of the molecule is CCCNC1CCC(CC)CC1CN(C)CC1CC(O)C1. The highest BCUT2D eigenvalue weighted by Gasteiger charge is 2.32. The standard InChI is InChI=1S/C18H36N2O/c1-4-8-19-18-7-6-14(5-2)9-16(18)13-20(3)12-15-10-17(21)11-15/h14-19,21H,4-13H2,1-3H3. The third-order valence-corrected chi connectivity index (χ3v) is 5.65. The summed E-state index contributed by atoms with van der Waals surface area (Å²) in [7, 11) is 2.27. The molecule has 3 heteroatoms. The molecule has 2 fully saturated rings. The lowest BCUT2D eigenvalue weighted by molar-refractivity contribution is 0.0234. The molecule has 0 heterocycles. The molecule has 21 heavy (non-hydrogen) atoms. The van der Waals surface area contributed by atoms with Crippen LogP contribution in [0.5, 0.6) is 0 Å². The summed E-state index contributed by atoms with van der Waals surface area (Å²) in [5.74, 6) is 2.48. The highest BCUT2D eigenvalue weighted by molar-refractivity contribution is 4.87. The maximum atomic E-state index is 9.43. The third kappa shape index (κ3) is 5.22. The van der Waals surface area contributed by atoms with Crippen molar-refractivity contribution in [2.75, 3.05) is 26.7 Å². The van der Waals surface area contributed by atoms with Gasteiger partial charge in [0.25, 0.3) is 0 Å². The van der Waals surface area contributed by atoms with Crippen molar-refractivity contribution in [1.82, 2.24) is 10.2 Å². The minimum absolute atomic E-state index is 0.0125. The molecule has 124 valence electrons. The molecule has 0 aliphatic heterocycles. The van der Waals surface area contributed by atoms with Gasteiger partial charge in [-0.05, 0) is 69.9 Å². The van der Waals surface area contributed by atoms with E-state index in [1.54, 1.807) is 0 Å². The second-order valence-corrected chi connectivity index (χ2v) is 7.62. The Morgan fingerprint density at radius 3 is 2.43 bits per heavy atom. The van der Waals surface area contributed by atoms with Gasteiger partial charge in [-0.2, -0.15) is 0 Å². The van der Waals surface area contributed by atoms with Crippen LogP contribution in [0.3, 0.4) is 0 Å². The quantitative estimate of drug-likeness (QED) is 0.723. The fraction of sp³-hybridized carbons (Fsp3) is 1.00. The zero-order valence-electron chi connectivity index (χ0n) is 14.4. The predicted octanol–water partition coefficient (Wildman–Crippen LogP) is 2.88. The van der Waals surface area contributed by atoms with Crippen molar-refractivity contribution in [2.24, 2.45) is 17.8 Å². The summed E-state index contributed by atoms with van der Waals surface area (Å²) in [6.07, 6.45) is 8.77. The van der Waals surface area contributed by atoms with Crippen molar-refractivity contribution in [1.29, 1.82) is 0 Å². The Balaban J connectivity index is 1.79. The van der Waals surface area contributed by atoms with Crippen LogP contribution in [-0.4, -0.2) is 48.8 Å². The van der Waals surface area contributed by atoms with E-state index < -0.39 is 0 Å². The van der Waals surface area contributed by atoms with Crippen molar-refractivity contribution in [3.8, 4) is 0 Å². The molecule has 0 saturated heterocycles. The normalized spacial score (nSPS) is 36.7. The maximum absolute atomic E-state index is 9.43. The lowest BCUT2D eigenvalue weighted by atomic mass is 9.76. The third-order valence-electron chi connectivity index (χ3n) is 5.65. The van der Waals surface area contributed by atoms with Gasteiger partial charge in [-0.1, -0.05) is 20.3 Å². The molecule has 0 aromatic carbocycles. The summed E-state index contributed by atoms with van der Waals surface area (Å²) < 4.78 is 0. The smallest absolute Gasteiger partial charge is 0.0546 e. The summed E-state index contributed by atoms with van der Waals surface area (Å²) in [6.45, 7) is 8.17. The number of aliphatic hydroxyl groups excluding tert-OH is 1. The average molecular weight is 296 g/mol. The van der Waals surface area contributed by atoms with Crippen molar-refractivity contribution in [2.45, 2.75) is 70.9 Å². The molecule has 3 nitrogen and oxygen atoms in total. The molecule has 0 aromatic rings. The first-order chi connectivity index (χ1) is 10.1. The van der Waals surface area contributed by atoms with Crippen LogP contribution in [0.4, 0.5) is 0 Å². The number of hydrogen-bond acceptors (Lipinski definition) is 3. The van der Waals surface area contributed by atoms with Crippen LogP contribution < -0.4 is 5.32 Å². The summed E-state index contributed by atoms with van der Waals surface area (Å²) in [5.41, 5.74) is 0. The van der Waals surface area contributed by atoms with Crippen molar-refractivity contribution in [3.63, 3.8) is 0 Å². The molecule has 2 rings (SSSR count). The number of hydrogen-bond donors (Lipinski definition) is 2. The number of nitrogens with one attached hydrogen (secondary N) is 1. The van der Waals surface area contributed by atoms with Gasteiger partial charge in [0.15, 0.2) is 0 Å². The van der Waals surface area contributed by atoms with Crippen molar-refractivity contribution < 1.29 is 5.11 Å². The van der Waals surface area contributed by atoms with E-state index in [4.69, 9.17) is 0 Å². The summed E-state index contributed by atoms with van der Waals surface area (Å²) >= 11 is 0. The largest absolute Gasteiger partial charge is 0.393 e. The number of aliphatic hydroxyl groups is 1. The molecule has 2 aliphatic carbocycles. The molecular formula is C18H36N2O. The van der Waals surface area contributed by atoms with Crippen LogP contribution in [0.1, 0.15) is 58.8 Å². The first-order valence-corrected chi connectivity index (χ1v) is 9.22. The Labute approximate surface area is 131 Å². The van der Waals surface area contributed by atoms with Gasteiger partial charge < -0.3 is 15.3 Å². The van der Waals surface area contributed by atoms with Crippen LogP contribution in [-0.2, 0) is 0 Å². The van der Waals surface area contributed by atoms with Gasteiger partial charge in [0.2, 0.25) is 0 Å². The average Bonchev–Trinajstić information content (AvgIpc) is 2.44. The van der Waals surface area contributed by atoms with Crippen LogP contribution in [0.25, 0.3) is 0 Å². The van der Waals surface area contributed by atoms with E-state index in [-0.39, 0.29) is 6.10 Å². The molecule has 0 radical (unpaired) electrons. The van der Waals surface area contributed by atoms with Gasteiger partial charge in [-0.15, -0.1) is 0 Å². The molecule has 2 aliphatic rings. The van der Waals surface area contributed by atoms with E-state index >= 15 is 0 Å². The van der Waals surface area contributed by atoms with E-state index in [1.807, 2.05) is 0 Å². The first-order valence-electron chi connectivity index (χ1n) is 9.22. The molecule has 3 unspecified atom stereocenters. The molecular weight excluding hydrogens is 260 g/mol. The second kappa shape index (κ2) is 8.50. The number of rotatable bonds is 8. The highest BCUT2D eigenvalue weighted by Crippen LogP contribution is 2.33. The zero-order valence-corrected chi connectivity index (χ0v) is 14.4. The predicted molar refractivity (Wildman–Crippen MR) is 89.4 cm³/mol. The highest BCUT2D eigenvalue weighted by atomic mass is 16.3. The molecule has 0 bridgehead atoms. The summed E-state index contributed by atoms with van der Waals surface area (Å²) in [6, 6.07) is 0.724. The maximum Gasteiger partial charge on any atom is 0.0546 e. The lowest BCUT2D eigenvalue weighted by Gasteiger charge is -2.40. The Bertz CT molecular complexity index is 291. The lowest BCUT2D eigenvalue weighted by Crippen LogP contribution is -2.47. The van der Waals surface area contributed by atoms with Crippen molar-refractivity contribution >= 4 is 0 Å². The Kier molecular flexibility index (Phi) is 6.97. The van der Waals surface area contributed by atoms with E-state index in [0.717, 1.165) is 43.2 Å². The summed E-state index contributed by atoms with van der Waals surface area (Å²) in [5, 5.41) is 13.2. The summed E-state index contributed by atoms with van der Waals surface area (Å²) in [4.78, 5) is 2.53. The fourth-order valence-corrected chi connectivity index (χ4v) is 4.30. The van der Waals surface area contributed by atoms with Gasteiger partial charge in [0.1, 0.15) is 0 Å². The van der Waals surface area contributed by atoms with Gasteiger partial charge in [-0.25, -0.2) is 0 Å². The van der Waals surface area contributed by atoms with Gasteiger partial charge in [-0.3, -0.25) is 0 Å². The van der Waals surface area contributed by atoms with Gasteiger partial charge in [0.05, 0.1) is 6.10 Å². The molecule has 2 N–H and O–H groups in total. The molecule has 0 spiro atoms. The minimum Gasteiger partial charge on any atom is -0.393 e. The van der Waals surface area contributed by atoms with E-state index in [2.05, 4.69) is 31.1 Å². The Morgan fingerprint density at radius 2 is 1.81 bits per heavy atom. The molecule has 3 atom stereocenters. The minimum atomic E-state index is -0.0125. The van der Waals surface area contributed by atoms with E-state index in [9.17, 15) is 5.11 Å². The second-order valence-electron chi connectivity index (χ2n) is 7.62. The van der Waals surface area contributed by atoms with Crippen molar-refractivity contribution in [3.05, 3.63) is 0 Å². The van der Waals surface area contributed by atoms with Crippen LogP contribution >= 0.6 is 0 Å². The topological polar surface area (TPSA) is 35.5 Å². The Morgan fingerprint density at radius 1 is 1.05 bits per heavy atom. The van der Waals surface area contributed by atoms with Gasteiger partial charge in [0, 0.05) is 19.1 Å². The van der Waals surface area contributed by atoms with E-state index in [0.29, 0.717) is 0 Å². The van der Waals surface area contributed by atoms with Crippen LogP contribution in [0, 0.1) is 17.8 Å². The first kappa shape index (κ1) is 17.2. The van der Waals surface area contributed by atoms with Crippen LogP contribution in [0.2, 0.25) is 0 Å².